The van der Waals surface area contributed by atoms with E-state index in [0.29, 0.717) is 12.8 Å². The zero-order chi connectivity index (χ0) is 10.5. The average molecular weight is 208 g/mol. The standard InChI is InChI=1S/C9H20O3S/c1-4-6-7(9(3,11)13)12-8(10)5-2/h7-8,10-11,13H,4-6H2,1-3H3. The summed E-state index contributed by atoms with van der Waals surface area (Å²) >= 11 is 4.02. The van der Waals surface area contributed by atoms with Crippen LogP contribution in [0.4, 0.5) is 0 Å². The van der Waals surface area contributed by atoms with Gasteiger partial charge in [-0.3, -0.25) is 0 Å². The fourth-order valence-corrected chi connectivity index (χ4v) is 1.21. The van der Waals surface area contributed by atoms with Crippen LogP contribution >= 0.6 is 12.6 Å². The summed E-state index contributed by atoms with van der Waals surface area (Å²) in [5.41, 5.74) is 0. The van der Waals surface area contributed by atoms with Crippen LogP contribution in [0.25, 0.3) is 0 Å². The topological polar surface area (TPSA) is 49.7 Å². The van der Waals surface area contributed by atoms with Crippen LogP contribution < -0.4 is 0 Å². The maximum atomic E-state index is 9.58. The van der Waals surface area contributed by atoms with E-state index in [-0.39, 0.29) is 0 Å². The highest BCUT2D eigenvalue weighted by Crippen LogP contribution is 2.23. The Morgan fingerprint density at radius 3 is 2.31 bits per heavy atom. The van der Waals surface area contributed by atoms with Gasteiger partial charge in [0.15, 0.2) is 6.29 Å². The van der Waals surface area contributed by atoms with Gasteiger partial charge in [-0.1, -0.05) is 20.3 Å². The van der Waals surface area contributed by atoms with Gasteiger partial charge in [0.1, 0.15) is 4.93 Å². The summed E-state index contributed by atoms with van der Waals surface area (Å²) in [6, 6.07) is 0. The van der Waals surface area contributed by atoms with Gasteiger partial charge >= 0.3 is 0 Å². The van der Waals surface area contributed by atoms with Gasteiger partial charge in [0.25, 0.3) is 0 Å². The van der Waals surface area contributed by atoms with Crippen molar-refractivity contribution in [2.45, 2.75) is 57.4 Å². The van der Waals surface area contributed by atoms with Crippen LogP contribution in [0.1, 0.15) is 40.0 Å². The minimum Gasteiger partial charge on any atom is -0.377 e. The molecule has 0 heterocycles. The van der Waals surface area contributed by atoms with E-state index >= 15 is 0 Å². The second-order valence-corrected chi connectivity index (χ2v) is 4.28. The third-order valence-corrected chi connectivity index (χ3v) is 2.12. The van der Waals surface area contributed by atoms with E-state index in [9.17, 15) is 10.2 Å². The molecule has 80 valence electrons. The number of thiol groups is 1. The van der Waals surface area contributed by atoms with Crippen LogP contribution in [-0.4, -0.2) is 27.5 Å². The molecule has 0 aromatic rings. The molecule has 0 fully saturated rings. The molecule has 0 saturated carbocycles. The molecule has 0 aliphatic heterocycles. The van der Waals surface area contributed by atoms with E-state index in [1.54, 1.807) is 6.92 Å². The number of hydrogen-bond acceptors (Lipinski definition) is 4. The molecule has 0 aliphatic rings. The third kappa shape index (κ3) is 5.52. The molecule has 13 heavy (non-hydrogen) atoms. The number of aliphatic hydroxyl groups excluding tert-OH is 1. The van der Waals surface area contributed by atoms with Crippen molar-refractivity contribution in [2.24, 2.45) is 0 Å². The van der Waals surface area contributed by atoms with Gasteiger partial charge in [0.05, 0.1) is 6.10 Å². The lowest BCUT2D eigenvalue weighted by Crippen LogP contribution is -2.38. The normalized spacial score (nSPS) is 20.8. The zero-order valence-corrected chi connectivity index (χ0v) is 9.42. The molecule has 0 aromatic carbocycles. The van der Waals surface area contributed by atoms with Crippen molar-refractivity contribution in [3.63, 3.8) is 0 Å². The predicted molar refractivity (Wildman–Crippen MR) is 55.7 cm³/mol. The number of ether oxygens (including phenoxy) is 1. The molecular formula is C9H20O3S. The Hall–Kier alpha value is 0.230. The molecular weight excluding hydrogens is 188 g/mol. The highest BCUT2D eigenvalue weighted by molar-refractivity contribution is 7.81. The highest BCUT2D eigenvalue weighted by atomic mass is 32.1. The van der Waals surface area contributed by atoms with E-state index in [1.807, 2.05) is 13.8 Å². The Morgan fingerprint density at radius 1 is 1.46 bits per heavy atom. The zero-order valence-electron chi connectivity index (χ0n) is 8.53. The Kier molecular flexibility index (Phi) is 5.96. The molecule has 0 radical (unpaired) electrons. The van der Waals surface area contributed by atoms with Crippen LogP contribution in [0.15, 0.2) is 0 Å². The van der Waals surface area contributed by atoms with Gasteiger partial charge in [-0.25, -0.2) is 0 Å². The van der Waals surface area contributed by atoms with Crippen LogP contribution in [0.5, 0.6) is 0 Å². The molecule has 4 heteroatoms. The first kappa shape index (κ1) is 13.2. The lowest BCUT2D eigenvalue weighted by molar-refractivity contribution is -0.171. The number of hydrogen-bond donors (Lipinski definition) is 3. The number of aliphatic hydroxyl groups is 2. The van der Waals surface area contributed by atoms with Gasteiger partial charge < -0.3 is 14.9 Å². The fourth-order valence-electron chi connectivity index (χ4n) is 1.02. The molecule has 3 unspecified atom stereocenters. The maximum absolute atomic E-state index is 9.58. The molecule has 0 saturated heterocycles. The molecule has 2 N–H and O–H groups in total. The summed E-state index contributed by atoms with van der Waals surface area (Å²) in [5, 5.41) is 18.8. The van der Waals surface area contributed by atoms with Crippen LogP contribution in [0.3, 0.4) is 0 Å². The van der Waals surface area contributed by atoms with Crippen molar-refractivity contribution in [1.82, 2.24) is 0 Å². The molecule has 0 aromatic heterocycles. The molecule has 0 bridgehead atoms. The third-order valence-electron chi connectivity index (χ3n) is 1.83. The van der Waals surface area contributed by atoms with Gasteiger partial charge in [0, 0.05) is 0 Å². The summed E-state index contributed by atoms with van der Waals surface area (Å²) in [6.45, 7) is 5.38. The second kappa shape index (κ2) is 5.86. The predicted octanol–water partition coefficient (Wildman–Crippen LogP) is 1.54. The quantitative estimate of drug-likeness (QED) is 0.458. The van der Waals surface area contributed by atoms with Crippen molar-refractivity contribution in [3.8, 4) is 0 Å². The lowest BCUT2D eigenvalue weighted by atomic mass is 10.1. The molecule has 3 nitrogen and oxygen atoms in total. The maximum Gasteiger partial charge on any atom is 0.154 e. The first-order valence-corrected chi connectivity index (χ1v) is 5.14. The van der Waals surface area contributed by atoms with Crippen molar-refractivity contribution >= 4 is 12.6 Å². The first-order valence-electron chi connectivity index (χ1n) is 4.70. The van der Waals surface area contributed by atoms with Crippen molar-refractivity contribution < 1.29 is 14.9 Å². The lowest BCUT2D eigenvalue weighted by Gasteiger charge is -2.29. The van der Waals surface area contributed by atoms with E-state index < -0.39 is 17.3 Å². The molecule has 0 spiro atoms. The summed E-state index contributed by atoms with van der Waals surface area (Å²) in [4.78, 5) is -1.19. The van der Waals surface area contributed by atoms with Crippen LogP contribution in [0.2, 0.25) is 0 Å². The fraction of sp³-hybridized carbons (Fsp3) is 1.00. The Morgan fingerprint density at radius 2 is 2.00 bits per heavy atom. The first-order chi connectivity index (χ1) is 5.91. The molecule has 0 amide bonds. The van der Waals surface area contributed by atoms with E-state index in [2.05, 4.69) is 12.6 Å². The smallest absolute Gasteiger partial charge is 0.154 e. The van der Waals surface area contributed by atoms with Crippen molar-refractivity contribution in [1.29, 1.82) is 0 Å². The molecule has 0 rings (SSSR count). The monoisotopic (exact) mass is 208 g/mol. The number of rotatable bonds is 6. The molecule has 3 atom stereocenters. The van der Waals surface area contributed by atoms with Crippen molar-refractivity contribution in [3.05, 3.63) is 0 Å². The summed E-state index contributed by atoms with van der Waals surface area (Å²) < 4.78 is 5.23. The van der Waals surface area contributed by atoms with Gasteiger partial charge in [-0.15, -0.1) is 12.6 Å². The van der Waals surface area contributed by atoms with Gasteiger partial charge in [-0.05, 0) is 19.8 Å². The summed E-state index contributed by atoms with van der Waals surface area (Å²) in [7, 11) is 0. The van der Waals surface area contributed by atoms with Crippen LogP contribution in [0, 0.1) is 0 Å². The average Bonchev–Trinajstić information content (AvgIpc) is 2.01. The summed E-state index contributed by atoms with van der Waals surface area (Å²) in [6.07, 6.45) is 0.862. The summed E-state index contributed by atoms with van der Waals surface area (Å²) in [5.74, 6) is 0. The van der Waals surface area contributed by atoms with Gasteiger partial charge in [0.2, 0.25) is 0 Å². The Balaban J connectivity index is 4.10. The van der Waals surface area contributed by atoms with Gasteiger partial charge in [-0.2, -0.15) is 0 Å². The second-order valence-electron chi connectivity index (χ2n) is 3.37. The molecule has 0 aliphatic carbocycles. The van der Waals surface area contributed by atoms with E-state index in [0.717, 1.165) is 6.42 Å². The highest BCUT2D eigenvalue weighted by Gasteiger charge is 2.29. The Labute approximate surface area is 85.5 Å². The van der Waals surface area contributed by atoms with Crippen LogP contribution in [-0.2, 0) is 4.74 Å². The van der Waals surface area contributed by atoms with Crippen molar-refractivity contribution in [2.75, 3.05) is 0 Å². The van der Waals surface area contributed by atoms with E-state index in [1.165, 1.54) is 0 Å². The van der Waals surface area contributed by atoms with E-state index in [4.69, 9.17) is 4.74 Å². The Bertz CT molecular complexity index is 133. The largest absolute Gasteiger partial charge is 0.377 e. The minimum absolute atomic E-state index is 0.421. The minimum atomic E-state index is -1.19. The SMILES string of the molecule is CCCC(OC(O)CC)C(C)(O)S.